The highest BCUT2D eigenvalue weighted by molar-refractivity contribution is 7.23. The van der Waals surface area contributed by atoms with Crippen molar-refractivity contribution < 1.29 is 24.2 Å². The van der Waals surface area contributed by atoms with Crippen molar-refractivity contribution in [3.8, 4) is 0 Å². The molecule has 0 atom stereocenters. The number of esters is 1. The Morgan fingerprint density at radius 1 is 1.29 bits per heavy atom. The first kappa shape index (κ1) is 17.7. The molecule has 2 amide bonds. The van der Waals surface area contributed by atoms with Gasteiger partial charge in [0.05, 0.1) is 13.0 Å². The maximum absolute atomic E-state index is 12.2. The van der Waals surface area contributed by atoms with E-state index in [4.69, 9.17) is 9.84 Å². The number of urea groups is 1. The van der Waals surface area contributed by atoms with E-state index in [-0.39, 0.29) is 19.6 Å². The summed E-state index contributed by atoms with van der Waals surface area (Å²) in [6, 6.07) is 6.82. The Labute approximate surface area is 142 Å². The Hall–Kier alpha value is -2.61. The topological polar surface area (TPSA) is 95.9 Å². The molecule has 0 radical (unpaired) electrons. The van der Waals surface area contributed by atoms with E-state index in [9.17, 15) is 14.4 Å². The van der Waals surface area contributed by atoms with Gasteiger partial charge in [0.15, 0.2) is 0 Å². The molecule has 0 fully saturated rings. The number of rotatable bonds is 6. The number of carbonyl (C=O) groups is 3. The molecule has 1 heterocycles. The number of hydrogen-bond acceptors (Lipinski definition) is 5. The third kappa shape index (κ3) is 4.02. The van der Waals surface area contributed by atoms with Crippen LogP contribution in [0.5, 0.6) is 0 Å². The lowest BCUT2D eigenvalue weighted by Gasteiger charge is -2.16. The molecule has 24 heavy (non-hydrogen) atoms. The Morgan fingerprint density at radius 2 is 2.00 bits per heavy atom. The number of ether oxygens (including phenoxy) is 1. The second-order valence-corrected chi connectivity index (χ2v) is 6.07. The summed E-state index contributed by atoms with van der Waals surface area (Å²) in [4.78, 5) is 36.3. The zero-order valence-electron chi connectivity index (χ0n) is 13.4. The molecule has 0 aliphatic rings. The fourth-order valence-electron chi connectivity index (χ4n) is 2.10. The number of thiophene rings is 1. The van der Waals surface area contributed by atoms with Crippen molar-refractivity contribution in [1.82, 2.24) is 4.90 Å². The molecule has 2 N–H and O–H groups in total. The van der Waals surface area contributed by atoms with E-state index in [1.54, 1.807) is 13.0 Å². The Kier molecular flexibility index (Phi) is 5.75. The minimum atomic E-state index is -0.983. The van der Waals surface area contributed by atoms with Crippen LogP contribution in [-0.4, -0.2) is 48.2 Å². The molecular weight excluding hydrogens is 332 g/mol. The summed E-state index contributed by atoms with van der Waals surface area (Å²) in [6.45, 7) is 2.01. The number of benzene rings is 1. The van der Waals surface area contributed by atoms with Gasteiger partial charge in [0.2, 0.25) is 0 Å². The molecule has 1 aromatic heterocycles. The number of aliphatic carboxylic acids is 1. The zero-order valence-corrected chi connectivity index (χ0v) is 14.2. The van der Waals surface area contributed by atoms with Crippen LogP contribution in [0.25, 0.3) is 10.1 Å². The molecule has 0 aliphatic heterocycles. The van der Waals surface area contributed by atoms with Crippen LogP contribution in [-0.2, 0) is 9.53 Å². The van der Waals surface area contributed by atoms with Crippen LogP contribution in [0.3, 0.4) is 0 Å². The van der Waals surface area contributed by atoms with E-state index in [0.29, 0.717) is 16.0 Å². The van der Waals surface area contributed by atoms with Gasteiger partial charge >= 0.3 is 18.0 Å². The van der Waals surface area contributed by atoms with Gasteiger partial charge < -0.3 is 14.7 Å². The van der Waals surface area contributed by atoms with Crippen molar-refractivity contribution in [2.45, 2.75) is 13.3 Å². The third-order valence-corrected chi connectivity index (χ3v) is 4.39. The van der Waals surface area contributed by atoms with Crippen LogP contribution in [0.2, 0.25) is 0 Å². The summed E-state index contributed by atoms with van der Waals surface area (Å²) in [5.41, 5.74) is 0.317. The number of carboxylic acid groups (broad SMARTS) is 1. The number of amides is 2. The van der Waals surface area contributed by atoms with Crippen LogP contribution in [0.15, 0.2) is 24.3 Å². The number of nitrogens with one attached hydrogen (secondary N) is 1. The van der Waals surface area contributed by atoms with Crippen molar-refractivity contribution >= 4 is 44.4 Å². The number of nitrogens with zero attached hydrogens (tertiary/aromatic N) is 1. The molecule has 128 valence electrons. The molecule has 0 unspecified atom stereocenters. The highest BCUT2D eigenvalue weighted by atomic mass is 32.1. The minimum absolute atomic E-state index is 0.0702. The molecule has 2 rings (SSSR count). The smallest absolute Gasteiger partial charge is 0.341 e. The summed E-state index contributed by atoms with van der Waals surface area (Å²) in [5, 5.41) is 12.5. The van der Waals surface area contributed by atoms with E-state index in [1.807, 2.05) is 18.2 Å². The first-order valence-corrected chi connectivity index (χ1v) is 8.18. The van der Waals surface area contributed by atoms with Crippen LogP contribution in [0.1, 0.15) is 23.7 Å². The molecule has 0 aliphatic carbocycles. The third-order valence-electron chi connectivity index (χ3n) is 3.30. The van der Waals surface area contributed by atoms with Gasteiger partial charge in [-0.25, -0.2) is 9.59 Å². The molecule has 0 spiro atoms. The van der Waals surface area contributed by atoms with Gasteiger partial charge in [0.25, 0.3) is 0 Å². The fraction of sp³-hybridized carbons (Fsp3) is 0.312. The summed E-state index contributed by atoms with van der Waals surface area (Å²) in [5.74, 6) is -1.48. The van der Waals surface area contributed by atoms with E-state index >= 15 is 0 Å². The molecule has 2 aromatic rings. The van der Waals surface area contributed by atoms with Crippen molar-refractivity contribution in [2.75, 3.05) is 25.5 Å². The lowest BCUT2D eigenvalue weighted by atomic mass is 10.1. The van der Waals surface area contributed by atoms with Gasteiger partial charge in [-0.2, -0.15) is 0 Å². The maximum Gasteiger partial charge on any atom is 0.341 e. The van der Waals surface area contributed by atoms with Gasteiger partial charge in [0, 0.05) is 23.7 Å². The number of hydrogen-bond donors (Lipinski definition) is 2. The van der Waals surface area contributed by atoms with Gasteiger partial charge in [-0.3, -0.25) is 10.1 Å². The number of carboxylic acids is 1. The van der Waals surface area contributed by atoms with Crippen LogP contribution in [0, 0.1) is 0 Å². The molecule has 0 saturated heterocycles. The number of fused-ring (bicyclic) bond motifs is 1. The standard InChI is InChI=1S/C16H18N2O5S/c1-3-23-15(21)13-10-6-4-5-7-11(10)24-14(13)17-16(22)18(2)9-8-12(19)20/h4-7H,3,8-9H2,1-2H3,(H,17,22)(H,19,20). The second-order valence-electron chi connectivity index (χ2n) is 5.02. The summed E-state index contributed by atoms with van der Waals surface area (Å²) in [6.07, 6.45) is -0.152. The van der Waals surface area contributed by atoms with Crippen molar-refractivity contribution in [3.63, 3.8) is 0 Å². The van der Waals surface area contributed by atoms with Gasteiger partial charge in [-0.05, 0) is 13.0 Å². The van der Waals surface area contributed by atoms with Gasteiger partial charge in [0.1, 0.15) is 10.6 Å². The summed E-state index contributed by atoms with van der Waals surface area (Å²) in [7, 11) is 1.50. The molecule has 8 heteroatoms. The fourth-order valence-corrected chi connectivity index (χ4v) is 3.18. The number of carbonyl (C=O) groups excluding carboxylic acids is 2. The molecule has 7 nitrogen and oxygen atoms in total. The largest absolute Gasteiger partial charge is 0.481 e. The average molecular weight is 350 g/mol. The number of anilines is 1. The highest BCUT2D eigenvalue weighted by Crippen LogP contribution is 2.36. The molecule has 0 bridgehead atoms. The predicted molar refractivity (Wildman–Crippen MR) is 91.7 cm³/mol. The SMILES string of the molecule is CCOC(=O)c1c(NC(=O)N(C)CCC(=O)O)sc2ccccc12. The van der Waals surface area contributed by atoms with Crippen LogP contribution in [0.4, 0.5) is 9.80 Å². The molecule has 0 saturated carbocycles. The Balaban J connectivity index is 2.27. The van der Waals surface area contributed by atoms with E-state index in [1.165, 1.54) is 23.3 Å². The second kappa shape index (κ2) is 7.78. The Morgan fingerprint density at radius 3 is 2.67 bits per heavy atom. The Bertz CT molecular complexity index is 771. The summed E-state index contributed by atoms with van der Waals surface area (Å²) >= 11 is 1.27. The van der Waals surface area contributed by atoms with E-state index < -0.39 is 18.0 Å². The lowest BCUT2D eigenvalue weighted by Crippen LogP contribution is -2.33. The van der Waals surface area contributed by atoms with Crippen LogP contribution < -0.4 is 5.32 Å². The summed E-state index contributed by atoms with van der Waals surface area (Å²) < 4.78 is 5.93. The monoisotopic (exact) mass is 350 g/mol. The van der Waals surface area contributed by atoms with Gasteiger partial charge in [-0.1, -0.05) is 18.2 Å². The first-order valence-electron chi connectivity index (χ1n) is 7.36. The quantitative estimate of drug-likeness (QED) is 0.781. The van der Waals surface area contributed by atoms with E-state index in [2.05, 4.69) is 5.32 Å². The average Bonchev–Trinajstić information content (AvgIpc) is 2.90. The van der Waals surface area contributed by atoms with Crippen molar-refractivity contribution in [1.29, 1.82) is 0 Å². The minimum Gasteiger partial charge on any atom is -0.481 e. The maximum atomic E-state index is 12.2. The molecule has 1 aromatic carbocycles. The zero-order chi connectivity index (χ0) is 17.7. The first-order chi connectivity index (χ1) is 11.4. The molecular formula is C16H18N2O5S. The van der Waals surface area contributed by atoms with Crippen molar-refractivity contribution in [2.24, 2.45) is 0 Å². The van der Waals surface area contributed by atoms with Crippen molar-refractivity contribution in [3.05, 3.63) is 29.8 Å². The highest BCUT2D eigenvalue weighted by Gasteiger charge is 2.22. The lowest BCUT2D eigenvalue weighted by molar-refractivity contribution is -0.137. The van der Waals surface area contributed by atoms with Gasteiger partial charge in [-0.15, -0.1) is 11.3 Å². The predicted octanol–water partition coefficient (Wildman–Crippen LogP) is 3.02. The van der Waals surface area contributed by atoms with Crippen LogP contribution >= 0.6 is 11.3 Å². The van der Waals surface area contributed by atoms with E-state index in [0.717, 1.165) is 4.70 Å². The normalized spacial score (nSPS) is 10.4.